The topological polar surface area (TPSA) is 91.7 Å². The highest BCUT2D eigenvalue weighted by molar-refractivity contribution is 5.88. The summed E-state index contributed by atoms with van der Waals surface area (Å²) in [7, 11) is 0. The van der Waals surface area contributed by atoms with Gasteiger partial charge in [0.25, 0.3) is 0 Å². The van der Waals surface area contributed by atoms with Crippen LogP contribution in [0, 0.1) is 19.3 Å². The Balaban J connectivity index is 1.59. The third-order valence-electron chi connectivity index (χ3n) is 8.70. The Bertz CT molecular complexity index is 1590. The summed E-state index contributed by atoms with van der Waals surface area (Å²) in [6.07, 6.45) is -2.14. The second kappa shape index (κ2) is 11.9. The number of carboxylic acid groups (broad SMARTS) is 1. The Hall–Kier alpha value is -3.73. The zero-order valence-corrected chi connectivity index (χ0v) is 27.0. The van der Waals surface area contributed by atoms with Crippen LogP contribution in [0.2, 0.25) is 0 Å². The van der Waals surface area contributed by atoms with Crippen molar-refractivity contribution in [2.45, 2.75) is 92.2 Å². The molecule has 0 saturated carbocycles. The Morgan fingerprint density at radius 2 is 1.67 bits per heavy atom. The molecule has 1 N–H and O–H groups in total. The van der Waals surface area contributed by atoms with Crippen molar-refractivity contribution in [3.8, 4) is 11.1 Å². The van der Waals surface area contributed by atoms with Crippen LogP contribution in [-0.2, 0) is 28.7 Å². The molecule has 1 atom stereocenters. The first-order valence-corrected chi connectivity index (χ1v) is 15.4. The van der Waals surface area contributed by atoms with E-state index in [1.807, 2.05) is 51.7 Å². The molecule has 0 bridgehead atoms. The lowest BCUT2D eigenvalue weighted by Gasteiger charge is -2.41. The summed E-state index contributed by atoms with van der Waals surface area (Å²) in [5, 5.41) is 10.4. The first kappa shape index (κ1) is 32.7. The molecular formula is C34H42F3N5O3. The number of carboxylic acids is 1. The van der Waals surface area contributed by atoms with Crippen LogP contribution in [0.3, 0.4) is 0 Å². The van der Waals surface area contributed by atoms with Crippen LogP contribution in [0.25, 0.3) is 11.1 Å². The van der Waals surface area contributed by atoms with E-state index in [0.29, 0.717) is 30.8 Å². The highest BCUT2D eigenvalue weighted by Gasteiger charge is 2.37. The molecule has 0 aliphatic carbocycles. The number of pyridine rings is 1. The van der Waals surface area contributed by atoms with Gasteiger partial charge in [0, 0.05) is 54.9 Å². The summed E-state index contributed by atoms with van der Waals surface area (Å²) < 4.78 is 45.9. The zero-order valence-electron chi connectivity index (χ0n) is 27.0. The zero-order chi connectivity index (χ0) is 32.9. The maximum absolute atomic E-state index is 13.3. The van der Waals surface area contributed by atoms with Crippen molar-refractivity contribution in [2.75, 3.05) is 29.4 Å². The van der Waals surface area contributed by atoms with Crippen molar-refractivity contribution in [2.24, 2.45) is 5.41 Å². The van der Waals surface area contributed by atoms with E-state index in [1.165, 1.54) is 6.07 Å². The number of aliphatic carboxylic acids is 1. The molecule has 8 nitrogen and oxygen atoms in total. The largest absolute Gasteiger partial charge is 0.479 e. The van der Waals surface area contributed by atoms with Gasteiger partial charge in [0.05, 0.1) is 11.3 Å². The van der Waals surface area contributed by atoms with Crippen LogP contribution in [0.1, 0.15) is 87.5 Å². The van der Waals surface area contributed by atoms with Crippen molar-refractivity contribution in [1.82, 2.24) is 15.0 Å². The van der Waals surface area contributed by atoms with Crippen molar-refractivity contribution < 1.29 is 27.8 Å². The number of halogens is 3. The number of anilines is 2. The molecule has 0 radical (unpaired) electrons. The Morgan fingerprint density at radius 1 is 0.978 bits per heavy atom. The third-order valence-corrected chi connectivity index (χ3v) is 8.70. The molecule has 0 spiro atoms. The average molecular weight is 626 g/mol. The van der Waals surface area contributed by atoms with E-state index in [1.54, 1.807) is 0 Å². The van der Waals surface area contributed by atoms with Gasteiger partial charge in [0.1, 0.15) is 5.82 Å². The second-order valence-corrected chi connectivity index (χ2v) is 13.9. The fourth-order valence-corrected chi connectivity index (χ4v) is 6.32. The number of fused-ring (bicyclic) bond motifs is 1. The van der Waals surface area contributed by atoms with Crippen molar-refractivity contribution in [1.29, 1.82) is 0 Å². The number of aryl methyl sites for hydroxylation is 2. The van der Waals surface area contributed by atoms with Crippen molar-refractivity contribution >= 4 is 17.5 Å². The summed E-state index contributed by atoms with van der Waals surface area (Å²) >= 11 is 0. The molecule has 5 rings (SSSR count). The number of aromatic nitrogens is 3. The minimum atomic E-state index is -4.61. The van der Waals surface area contributed by atoms with Crippen LogP contribution in [0.5, 0.6) is 0 Å². The van der Waals surface area contributed by atoms with E-state index in [4.69, 9.17) is 9.72 Å². The number of ether oxygens (including phenoxy) is 1. The number of carbonyl (C=O) groups is 1. The lowest BCUT2D eigenvalue weighted by molar-refractivity contribution is -0.160. The molecule has 2 aromatic heterocycles. The standard InChI is InChI=1S/C34H42F3N5O3/c1-20-26(23-8-9-24-19-42(15-11-22(24)18-23)25-10-14-38-31(40-25)34(35,36)37)28(41-16-12-33(6,7)13-17-41)27(21(2)39-20)29(30(43)44)45-32(3,4)5/h8-10,14,18,29H,11-13,15-17,19H2,1-7H3,(H,43,44)/t29-/m0/s1. The van der Waals surface area contributed by atoms with Gasteiger partial charge in [-0.2, -0.15) is 13.2 Å². The number of benzene rings is 1. The molecule has 4 heterocycles. The molecule has 2 aliphatic heterocycles. The molecule has 1 aromatic carbocycles. The van der Waals surface area contributed by atoms with E-state index in [0.717, 1.165) is 65.8 Å². The number of nitrogens with zero attached hydrogens (tertiary/aromatic N) is 5. The van der Waals surface area contributed by atoms with Crippen molar-refractivity contribution in [3.05, 3.63) is 64.4 Å². The molecule has 0 unspecified atom stereocenters. The summed E-state index contributed by atoms with van der Waals surface area (Å²) in [5.41, 5.74) is 6.23. The molecule has 3 aromatic rings. The predicted molar refractivity (Wildman–Crippen MR) is 167 cm³/mol. The molecule has 45 heavy (non-hydrogen) atoms. The molecule has 1 saturated heterocycles. The summed E-state index contributed by atoms with van der Waals surface area (Å²) in [6, 6.07) is 7.63. The fraction of sp³-hybridized carbons (Fsp3) is 0.529. The average Bonchev–Trinajstić information content (AvgIpc) is 2.94. The molecule has 1 fully saturated rings. The predicted octanol–water partition coefficient (Wildman–Crippen LogP) is 7.30. The van der Waals surface area contributed by atoms with Crippen LogP contribution < -0.4 is 9.80 Å². The van der Waals surface area contributed by atoms with Gasteiger partial charge in [-0.1, -0.05) is 32.0 Å². The lowest BCUT2D eigenvalue weighted by atomic mass is 9.81. The van der Waals surface area contributed by atoms with E-state index < -0.39 is 29.7 Å². The van der Waals surface area contributed by atoms with Gasteiger partial charge < -0.3 is 19.6 Å². The fourth-order valence-electron chi connectivity index (χ4n) is 6.32. The Morgan fingerprint density at radius 3 is 2.29 bits per heavy atom. The molecular weight excluding hydrogens is 583 g/mol. The van der Waals surface area contributed by atoms with Gasteiger partial charge in [-0.15, -0.1) is 0 Å². The summed E-state index contributed by atoms with van der Waals surface area (Å²) in [5.74, 6) is -1.97. The molecule has 2 aliphatic rings. The first-order valence-electron chi connectivity index (χ1n) is 15.4. The van der Waals surface area contributed by atoms with Gasteiger partial charge in [-0.25, -0.2) is 14.8 Å². The Kier molecular flexibility index (Phi) is 8.63. The van der Waals surface area contributed by atoms with Crippen molar-refractivity contribution in [3.63, 3.8) is 0 Å². The number of alkyl halides is 3. The summed E-state index contributed by atoms with van der Waals surface area (Å²) in [4.78, 5) is 29.0. The monoisotopic (exact) mass is 625 g/mol. The molecule has 0 amide bonds. The van der Waals surface area contributed by atoms with Crippen LogP contribution in [-0.4, -0.2) is 51.3 Å². The van der Waals surface area contributed by atoms with Gasteiger partial charge in [-0.05, 0) is 82.1 Å². The summed E-state index contributed by atoms with van der Waals surface area (Å²) in [6.45, 7) is 16.3. The van der Waals surface area contributed by atoms with Gasteiger partial charge in [-0.3, -0.25) is 4.98 Å². The number of hydrogen-bond donors (Lipinski definition) is 1. The maximum Gasteiger partial charge on any atom is 0.451 e. The molecule has 242 valence electrons. The first-order chi connectivity index (χ1) is 20.9. The quantitative estimate of drug-likeness (QED) is 0.305. The molecule has 11 heteroatoms. The van der Waals surface area contributed by atoms with E-state index in [2.05, 4.69) is 34.8 Å². The maximum atomic E-state index is 13.3. The third kappa shape index (κ3) is 7.08. The normalized spacial score (nSPS) is 17.6. The van der Waals surface area contributed by atoms with E-state index >= 15 is 0 Å². The smallest absolute Gasteiger partial charge is 0.451 e. The highest BCUT2D eigenvalue weighted by Crippen LogP contribution is 2.45. The Labute approximate surface area is 262 Å². The SMILES string of the molecule is Cc1nc(C)c([C@H](OC(C)(C)C)C(=O)O)c(N2CCC(C)(C)CC2)c1-c1ccc2c(c1)CCN(c1ccnc(C(F)(F)F)n1)C2. The number of rotatable bonds is 6. The van der Waals surface area contributed by atoms with Crippen LogP contribution in [0.4, 0.5) is 24.7 Å². The van der Waals surface area contributed by atoms with Gasteiger partial charge >= 0.3 is 12.1 Å². The highest BCUT2D eigenvalue weighted by atomic mass is 19.4. The van der Waals surface area contributed by atoms with Gasteiger partial charge in [0.15, 0.2) is 6.10 Å². The second-order valence-electron chi connectivity index (χ2n) is 13.9. The van der Waals surface area contributed by atoms with Crippen LogP contribution >= 0.6 is 0 Å². The number of hydrogen-bond acceptors (Lipinski definition) is 7. The van der Waals surface area contributed by atoms with Gasteiger partial charge in [0.2, 0.25) is 5.82 Å². The van der Waals surface area contributed by atoms with Crippen LogP contribution in [0.15, 0.2) is 30.5 Å². The van der Waals surface area contributed by atoms with E-state index in [9.17, 15) is 23.1 Å². The number of piperidine rings is 1. The minimum Gasteiger partial charge on any atom is -0.479 e. The van der Waals surface area contributed by atoms with E-state index in [-0.39, 0.29) is 11.2 Å². The lowest BCUT2D eigenvalue weighted by Crippen LogP contribution is -2.39. The minimum absolute atomic E-state index is 0.185.